The van der Waals surface area contributed by atoms with Crippen molar-refractivity contribution in [3.8, 4) is 0 Å². The summed E-state index contributed by atoms with van der Waals surface area (Å²) in [6.45, 7) is 2.02. The van der Waals surface area contributed by atoms with Crippen molar-refractivity contribution in [3.05, 3.63) is 12.2 Å². The molecule has 0 aromatic rings. The van der Waals surface area contributed by atoms with Gasteiger partial charge < -0.3 is 5.11 Å². The second kappa shape index (κ2) is 11.2. The molecule has 0 unspecified atom stereocenters. The number of hydrogen-bond donors (Lipinski definition) is 0. The summed E-state index contributed by atoms with van der Waals surface area (Å²) in [5.41, 5.74) is 0. The summed E-state index contributed by atoms with van der Waals surface area (Å²) in [7, 11) is 0. The Labute approximate surface area is 93.6 Å². The van der Waals surface area contributed by atoms with Gasteiger partial charge in [0.05, 0.1) is 0 Å². The van der Waals surface area contributed by atoms with Gasteiger partial charge in [-0.2, -0.15) is 0 Å². The Hall–Kier alpha value is 1.34. The van der Waals surface area contributed by atoms with E-state index in [-0.39, 0.29) is 58.0 Å². The minimum atomic E-state index is -0.0694. The van der Waals surface area contributed by atoms with Crippen LogP contribution in [0.15, 0.2) is 12.2 Å². The van der Waals surface area contributed by atoms with Crippen molar-refractivity contribution >= 4 is 0 Å². The first-order valence-electron chi connectivity index (χ1n) is 2.65. The summed E-state index contributed by atoms with van der Waals surface area (Å²) in [6, 6.07) is 0. The Morgan fingerprint density at radius 3 is 2.38 bits per heavy atom. The van der Waals surface area contributed by atoms with E-state index in [1.807, 2.05) is 6.08 Å². The molecule has 0 aliphatic rings. The van der Waals surface area contributed by atoms with Gasteiger partial charge in [-0.1, -0.05) is 19.4 Å². The predicted molar refractivity (Wildman–Crippen MR) is 28.9 cm³/mol. The molecular formula is C6H11KO. The Morgan fingerprint density at radius 2 is 2.00 bits per heavy atom. The zero-order chi connectivity index (χ0) is 5.54. The predicted octanol–water partition coefficient (Wildman–Crippen LogP) is -2.29. The average Bonchev–Trinajstić information content (AvgIpc) is 1.69. The van der Waals surface area contributed by atoms with E-state index in [4.69, 9.17) is 0 Å². The van der Waals surface area contributed by atoms with E-state index in [0.717, 1.165) is 12.8 Å². The first-order valence-corrected chi connectivity index (χ1v) is 2.65. The van der Waals surface area contributed by atoms with Crippen LogP contribution in [0, 0.1) is 0 Å². The molecule has 0 saturated carbocycles. The third-order valence-corrected chi connectivity index (χ3v) is 0.718. The summed E-state index contributed by atoms with van der Waals surface area (Å²) in [5, 5.41) is 9.72. The largest absolute Gasteiger partial charge is 1.00 e. The van der Waals surface area contributed by atoms with Gasteiger partial charge in [-0.15, -0.1) is 12.7 Å². The first-order chi connectivity index (χ1) is 3.41. The molecule has 0 N–H and O–H groups in total. The van der Waals surface area contributed by atoms with E-state index < -0.39 is 0 Å². The average molecular weight is 138 g/mol. The third-order valence-electron chi connectivity index (χ3n) is 0.718. The molecule has 0 aromatic heterocycles. The Kier molecular flexibility index (Phi) is 16.8. The Bertz CT molecular complexity index is 52.5. The van der Waals surface area contributed by atoms with Crippen LogP contribution in [0.25, 0.3) is 0 Å². The molecule has 8 heavy (non-hydrogen) atoms. The van der Waals surface area contributed by atoms with Crippen LogP contribution in [0.3, 0.4) is 0 Å². The molecule has 0 spiro atoms. The Balaban J connectivity index is 0. The molecule has 0 saturated heterocycles. The molecule has 2 heteroatoms. The second-order valence-electron chi connectivity index (χ2n) is 1.43. The van der Waals surface area contributed by atoms with Gasteiger partial charge in [0.15, 0.2) is 0 Å². The zero-order valence-corrected chi connectivity index (χ0v) is 8.81. The standard InChI is InChI=1S/C6H11O.K/c1-2-3-4-5-6-7;/h4-5H,2-3,6H2,1H3;/q-1;+1/b5-4+;. The van der Waals surface area contributed by atoms with E-state index >= 15 is 0 Å². The van der Waals surface area contributed by atoms with Gasteiger partial charge in [0, 0.05) is 0 Å². The fraction of sp³-hybridized carbons (Fsp3) is 0.667. The summed E-state index contributed by atoms with van der Waals surface area (Å²) >= 11 is 0. The molecule has 0 atom stereocenters. The molecule has 1 nitrogen and oxygen atoms in total. The van der Waals surface area contributed by atoms with Gasteiger partial charge in [-0.25, -0.2) is 0 Å². The fourth-order valence-electron chi connectivity index (χ4n) is 0.353. The molecule has 0 amide bonds. The fourth-order valence-corrected chi connectivity index (χ4v) is 0.353. The quantitative estimate of drug-likeness (QED) is 0.318. The maximum absolute atomic E-state index is 9.72. The van der Waals surface area contributed by atoms with E-state index in [2.05, 4.69) is 6.92 Å². The summed E-state index contributed by atoms with van der Waals surface area (Å²) in [5.74, 6) is 0. The van der Waals surface area contributed by atoms with Crippen molar-refractivity contribution in [2.24, 2.45) is 0 Å². The van der Waals surface area contributed by atoms with Crippen LogP contribution in [0.2, 0.25) is 0 Å². The molecule has 42 valence electrons. The molecule has 0 heterocycles. The molecule has 0 aliphatic carbocycles. The van der Waals surface area contributed by atoms with Gasteiger partial charge in [-0.05, 0) is 6.42 Å². The summed E-state index contributed by atoms with van der Waals surface area (Å²) in [4.78, 5) is 0. The number of allylic oxidation sites excluding steroid dienone is 1. The van der Waals surface area contributed by atoms with Crippen LogP contribution in [-0.4, -0.2) is 6.61 Å². The topological polar surface area (TPSA) is 23.1 Å². The van der Waals surface area contributed by atoms with E-state index in [1.54, 1.807) is 6.08 Å². The minimum absolute atomic E-state index is 0. The van der Waals surface area contributed by atoms with Crippen molar-refractivity contribution in [1.29, 1.82) is 0 Å². The monoisotopic (exact) mass is 138 g/mol. The number of rotatable bonds is 3. The van der Waals surface area contributed by atoms with Crippen LogP contribution in [0.1, 0.15) is 19.8 Å². The normalized spacial score (nSPS) is 9.25. The molecule has 0 radical (unpaired) electrons. The van der Waals surface area contributed by atoms with Crippen molar-refractivity contribution in [1.82, 2.24) is 0 Å². The molecular weight excluding hydrogens is 127 g/mol. The molecule has 0 bridgehead atoms. The van der Waals surface area contributed by atoms with Gasteiger partial charge in [0.2, 0.25) is 0 Å². The van der Waals surface area contributed by atoms with E-state index in [1.165, 1.54) is 0 Å². The van der Waals surface area contributed by atoms with Gasteiger partial charge in [0.25, 0.3) is 0 Å². The Morgan fingerprint density at radius 1 is 1.38 bits per heavy atom. The van der Waals surface area contributed by atoms with Gasteiger partial charge >= 0.3 is 51.4 Å². The number of unbranched alkanes of at least 4 members (excludes halogenated alkanes) is 1. The smallest absolute Gasteiger partial charge is 0.851 e. The summed E-state index contributed by atoms with van der Waals surface area (Å²) in [6.07, 6.45) is 5.76. The second-order valence-corrected chi connectivity index (χ2v) is 1.43. The molecule has 0 fully saturated rings. The van der Waals surface area contributed by atoms with Crippen LogP contribution < -0.4 is 56.5 Å². The van der Waals surface area contributed by atoms with E-state index in [9.17, 15) is 5.11 Å². The first kappa shape index (κ1) is 12.1. The maximum atomic E-state index is 9.72. The zero-order valence-electron chi connectivity index (χ0n) is 5.68. The van der Waals surface area contributed by atoms with Gasteiger partial charge in [-0.3, -0.25) is 0 Å². The molecule has 0 aliphatic heterocycles. The van der Waals surface area contributed by atoms with Crippen LogP contribution in [0.4, 0.5) is 0 Å². The van der Waals surface area contributed by atoms with Crippen LogP contribution in [0.5, 0.6) is 0 Å². The van der Waals surface area contributed by atoms with E-state index in [0.29, 0.717) is 0 Å². The van der Waals surface area contributed by atoms with Gasteiger partial charge in [0.1, 0.15) is 0 Å². The van der Waals surface area contributed by atoms with Crippen molar-refractivity contribution in [3.63, 3.8) is 0 Å². The van der Waals surface area contributed by atoms with Crippen molar-refractivity contribution in [2.75, 3.05) is 6.61 Å². The summed E-state index contributed by atoms with van der Waals surface area (Å²) < 4.78 is 0. The number of hydrogen-bond acceptors (Lipinski definition) is 1. The molecule has 0 rings (SSSR count). The van der Waals surface area contributed by atoms with Crippen LogP contribution in [-0.2, 0) is 0 Å². The van der Waals surface area contributed by atoms with Crippen molar-refractivity contribution < 1.29 is 56.5 Å². The SMILES string of the molecule is CCC/C=C/C[O-].[K+]. The third kappa shape index (κ3) is 10.3. The van der Waals surface area contributed by atoms with Crippen LogP contribution >= 0.6 is 0 Å². The maximum Gasteiger partial charge on any atom is 1.00 e. The van der Waals surface area contributed by atoms with Crippen molar-refractivity contribution in [2.45, 2.75) is 19.8 Å². The molecule has 0 aromatic carbocycles. The minimum Gasteiger partial charge on any atom is -0.851 e.